The van der Waals surface area contributed by atoms with Crippen LogP contribution in [0.15, 0.2) is 42.7 Å². The van der Waals surface area contributed by atoms with Gasteiger partial charge < -0.3 is 10.6 Å². The summed E-state index contributed by atoms with van der Waals surface area (Å²) in [5, 5.41) is 10.1. The molecule has 0 aliphatic heterocycles. The quantitative estimate of drug-likeness (QED) is 0.671. The second-order valence-corrected chi connectivity index (χ2v) is 8.05. The Kier molecular flexibility index (Phi) is 4.66. The predicted molar refractivity (Wildman–Crippen MR) is 119 cm³/mol. The fourth-order valence-corrected chi connectivity index (χ4v) is 3.91. The van der Waals surface area contributed by atoms with Crippen LogP contribution < -0.4 is 10.6 Å². The van der Waals surface area contributed by atoms with E-state index < -0.39 is 0 Å². The molecule has 7 heteroatoms. The monoisotopic (exact) mass is 413 g/mol. The molecule has 1 fully saturated rings. The van der Waals surface area contributed by atoms with Crippen molar-refractivity contribution >= 4 is 29.3 Å². The molecule has 1 aromatic carbocycles. The van der Waals surface area contributed by atoms with Crippen LogP contribution in [0.4, 0.5) is 5.82 Å². The van der Waals surface area contributed by atoms with Gasteiger partial charge in [-0.3, -0.25) is 9.59 Å². The molecule has 0 unspecified atom stereocenters. The summed E-state index contributed by atoms with van der Waals surface area (Å²) in [5.74, 6) is 0.442. The van der Waals surface area contributed by atoms with Gasteiger partial charge in [-0.25, -0.2) is 9.67 Å². The van der Waals surface area contributed by atoms with Crippen molar-refractivity contribution in [1.29, 1.82) is 0 Å². The normalized spacial score (nSPS) is 14.7. The van der Waals surface area contributed by atoms with Gasteiger partial charge in [0, 0.05) is 37.3 Å². The Morgan fingerprint density at radius 1 is 1.19 bits per heavy atom. The first kappa shape index (κ1) is 19.2. The van der Waals surface area contributed by atoms with Crippen LogP contribution in [0.5, 0.6) is 0 Å². The highest BCUT2D eigenvalue weighted by Gasteiger charge is 2.31. The summed E-state index contributed by atoms with van der Waals surface area (Å²) >= 11 is 0. The average molecular weight is 413 g/mol. The number of carbonyl (C=O) groups is 2. The fraction of sp³-hybridized carbons (Fsp3) is 0.250. The van der Waals surface area contributed by atoms with E-state index in [4.69, 9.17) is 0 Å². The Morgan fingerprint density at radius 2 is 2.03 bits per heavy atom. The lowest BCUT2D eigenvalue weighted by Gasteiger charge is -2.12. The van der Waals surface area contributed by atoms with Crippen molar-refractivity contribution in [3.63, 3.8) is 0 Å². The lowest BCUT2D eigenvalue weighted by Crippen LogP contribution is -2.21. The van der Waals surface area contributed by atoms with E-state index in [2.05, 4.69) is 26.8 Å². The number of pyridine rings is 1. The molecule has 5 rings (SSSR count). The molecule has 156 valence electrons. The zero-order chi connectivity index (χ0) is 21.5. The second-order valence-electron chi connectivity index (χ2n) is 8.05. The highest BCUT2D eigenvalue weighted by molar-refractivity contribution is 6.04. The highest BCUT2D eigenvalue weighted by atomic mass is 16.2. The van der Waals surface area contributed by atoms with Crippen molar-refractivity contribution in [2.24, 2.45) is 5.92 Å². The van der Waals surface area contributed by atoms with Gasteiger partial charge in [0.15, 0.2) is 0 Å². The zero-order valence-corrected chi connectivity index (χ0v) is 17.5. The van der Waals surface area contributed by atoms with Crippen LogP contribution in [-0.2, 0) is 11.2 Å². The Balaban J connectivity index is 1.52. The summed E-state index contributed by atoms with van der Waals surface area (Å²) in [5.41, 5.74) is 6.24. The molecule has 2 aliphatic carbocycles. The van der Waals surface area contributed by atoms with E-state index >= 15 is 0 Å². The van der Waals surface area contributed by atoms with Crippen LogP contribution in [0, 0.1) is 12.8 Å². The van der Waals surface area contributed by atoms with Crippen LogP contribution in [0.2, 0.25) is 0 Å². The molecule has 2 heterocycles. The molecule has 2 N–H and O–H groups in total. The molecule has 31 heavy (non-hydrogen) atoms. The Hall–Kier alpha value is -3.74. The minimum Gasteiger partial charge on any atom is -0.355 e. The Morgan fingerprint density at radius 3 is 2.74 bits per heavy atom. The van der Waals surface area contributed by atoms with Gasteiger partial charge in [0.1, 0.15) is 5.82 Å². The molecule has 2 aliphatic rings. The molecular weight excluding hydrogens is 390 g/mol. The summed E-state index contributed by atoms with van der Waals surface area (Å²) in [6.45, 7) is 1.96. The molecule has 3 aromatic rings. The summed E-state index contributed by atoms with van der Waals surface area (Å²) in [6.07, 6.45) is 7.95. The molecule has 0 bridgehead atoms. The maximum absolute atomic E-state index is 12.4. The smallest absolute Gasteiger partial charge is 0.253 e. The van der Waals surface area contributed by atoms with Gasteiger partial charge in [0.05, 0.1) is 16.9 Å². The summed E-state index contributed by atoms with van der Waals surface area (Å²) < 4.78 is 1.85. The van der Waals surface area contributed by atoms with Crippen molar-refractivity contribution < 1.29 is 9.59 Å². The van der Waals surface area contributed by atoms with Gasteiger partial charge >= 0.3 is 0 Å². The first-order chi connectivity index (χ1) is 15.0. The summed E-state index contributed by atoms with van der Waals surface area (Å²) in [7, 11) is 1.60. The fourth-order valence-electron chi connectivity index (χ4n) is 3.91. The summed E-state index contributed by atoms with van der Waals surface area (Å²) in [4.78, 5) is 29.2. The predicted octanol–water partition coefficient (Wildman–Crippen LogP) is 3.38. The topological polar surface area (TPSA) is 88.9 Å². The van der Waals surface area contributed by atoms with Gasteiger partial charge in [-0.2, -0.15) is 5.10 Å². The number of rotatable bonds is 5. The number of amides is 2. The number of hydrogen-bond donors (Lipinski definition) is 2. The third-order valence-electron chi connectivity index (χ3n) is 5.78. The highest BCUT2D eigenvalue weighted by Crippen LogP contribution is 2.38. The van der Waals surface area contributed by atoms with Crippen molar-refractivity contribution in [3.05, 3.63) is 70.7 Å². The molecule has 1 saturated carbocycles. The molecule has 0 saturated heterocycles. The first-order valence-electron chi connectivity index (χ1n) is 10.4. The van der Waals surface area contributed by atoms with Crippen LogP contribution in [0.1, 0.15) is 45.6 Å². The standard InChI is InChI=1S/C24H23N5O2/c1-14-8-9-29(28-14)18-5-3-4-16(10-18)17-11-19-20(12-17)22(27-23(30)15-6-7-15)26-13-21(19)24(31)25-2/h3-5,8-11,13,15H,6-7,12H2,1-2H3,(H,25,31)(H,26,27,30). The number of allylic oxidation sites excluding steroid dienone is 1. The van der Waals surface area contributed by atoms with Crippen LogP contribution in [0.25, 0.3) is 17.3 Å². The zero-order valence-electron chi connectivity index (χ0n) is 17.5. The van der Waals surface area contributed by atoms with E-state index in [-0.39, 0.29) is 17.7 Å². The Bertz CT molecular complexity index is 1240. The lowest BCUT2D eigenvalue weighted by atomic mass is 10.0. The number of benzene rings is 1. The third-order valence-corrected chi connectivity index (χ3v) is 5.78. The minimum atomic E-state index is -0.193. The third kappa shape index (κ3) is 3.63. The van der Waals surface area contributed by atoms with E-state index in [1.54, 1.807) is 13.2 Å². The lowest BCUT2D eigenvalue weighted by molar-refractivity contribution is -0.117. The molecule has 0 radical (unpaired) electrons. The average Bonchev–Trinajstić information content (AvgIpc) is 3.39. The first-order valence-corrected chi connectivity index (χ1v) is 10.4. The number of hydrogen-bond acceptors (Lipinski definition) is 4. The number of fused-ring (bicyclic) bond motifs is 1. The van der Waals surface area contributed by atoms with Gasteiger partial charge in [-0.05, 0) is 60.7 Å². The van der Waals surface area contributed by atoms with E-state index in [0.717, 1.165) is 46.5 Å². The van der Waals surface area contributed by atoms with Gasteiger partial charge in [0.2, 0.25) is 5.91 Å². The van der Waals surface area contributed by atoms with Crippen LogP contribution in [-0.4, -0.2) is 33.6 Å². The number of aromatic nitrogens is 3. The van der Waals surface area contributed by atoms with Crippen molar-refractivity contribution in [2.45, 2.75) is 26.2 Å². The van der Waals surface area contributed by atoms with Crippen molar-refractivity contribution in [2.75, 3.05) is 12.4 Å². The number of carbonyl (C=O) groups excluding carboxylic acids is 2. The SMILES string of the molecule is CNC(=O)c1cnc(NC(=O)C2CC2)c2c1C=C(c1cccc(-n3ccc(C)n3)c1)C2. The number of nitrogens with one attached hydrogen (secondary N) is 2. The van der Waals surface area contributed by atoms with Crippen molar-refractivity contribution in [1.82, 2.24) is 20.1 Å². The van der Waals surface area contributed by atoms with E-state index in [1.807, 2.05) is 48.1 Å². The number of aryl methyl sites for hydroxylation is 1. The van der Waals surface area contributed by atoms with Gasteiger partial charge in [-0.15, -0.1) is 0 Å². The van der Waals surface area contributed by atoms with E-state index in [1.165, 1.54) is 0 Å². The molecule has 0 spiro atoms. The van der Waals surface area contributed by atoms with Gasteiger partial charge in [0.25, 0.3) is 5.91 Å². The molecular formula is C24H23N5O2. The largest absolute Gasteiger partial charge is 0.355 e. The van der Waals surface area contributed by atoms with Crippen molar-refractivity contribution in [3.8, 4) is 5.69 Å². The van der Waals surface area contributed by atoms with Crippen LogP contribution in [0.3, 0.4) is 0 Å². The van der Waals surface area contributed by atoms with E-state index in [9.17, 15) is 9.59 Å². The molecule has 7 nitrogen and oxygen atoms in total. The molecule has 2 amide bonds. The maximum atomic E-state index is 12.4. The Labute approximate surface area is 180 Å². The number of anilines is 1. The van der Waals surface area contributed by atoms with Crippen LogP contribution >= 0.6 is 0 Å². The summed E-state index contributed by atoms with van der Waals surface area (Å²) in [6, 6.07) is 10.1. The molecule has 2 aromatic heterocycles. The maximum Gasteiger partial charge on any atom is 0.253 e. The molecule has 0 atom stereocenters. The van der Waals surface area contributed by atoms with Gasteiger partial charge in [-0.1, -0.05) is 12.1 Å². The van der Waals surface area contributed by atoms with E-state index in [0.29, 0.717) is 17.8 Å². The number of nitrogens with zero attached hydrogens (tertiary/aromatic N) is 3. The minimum absolute atomic E-state index is 0.00638. The second kappa shape index (κ2) is 7.50.